The van der Waals surface area contributed by atoms with Crippen LogP contribution in [0.3, 0.4) is 0 Å². The average Bonchev–Trinajstić information content (AvgIpc) is 2.90. The Hall–Kier alpha value is -0.120. The van der Waals surface area contributed by atoms with Crippen molar-refractivity contribution in [3.63, 3.8) is 0 Å². The van der Waals surface area contributed by atoms with E-state index >= 15 is 0 Å². The molecule has 3 nitrogen and oxygen atoms in total. The molecule has 2 aliphatic rings. The first-order valence-electron chi connectivity index (χ1n) is 7.31. The number of nitrogens with zero attached hydrogens (tertiary/aromatic N) is 1. The monoisotopic (exact) mass is 240 g/mol. The van der Waals surface area contributed by atoms with Gasteiger partial charge in [0.2, 0.25) is 0 Å². The fourth-order valence-corrected chi connectivity index (χ4v) is 3.36. The van der Waals surface area contributed by atoms with E-state index in [1.165, 1.54) is 45.2 Å². The predicted octanol–water partition coefficient (Wildman–Crippen LogP) is 1.47. The maximum atomic E-state index is 9.96. The van der Waals surface area contributed by atoms with Gasteiger partial charge >= 0.3 is 0 Å². The van der Waals surface area contributed by atoms with E-state index < -0.39 is 0 Å². The molecule has 1 aliphatic heterocycles. The quantitative estimate of drug-likeness (QED) is 0.738. The molecule has 0 spiro atoms. The molecule has 2 rings (SSSR count). The molecule has 0 aromatic rings. The second kappa shape index (κ2) is 6.72. The van der Waals surface area contributed by atoms with E-state index in [1.54, 1.807) is 0 Å². The molecule has 1 aliphatic carbocycles. The molecule has 2 unspecified atom stereocenters. The molecule has 1 saturated carbocycles. The third kappa shape index (κ3) is 4.57. The van der Waals surface area contributed by atoms with E-state index in [1.807, 2.05) is 0 Å². The SMILES string of the molecule is CN1CCC(CNCC(O)CC2CCCC2)C1. The third-order valence-corrected chi connectivity index (χ3v) is 4.38. The number of aliphatic hydroxyl groups excluding tert-OH is 1. The fraction of sp³-hybridized carbons (Fsp3) is 1.00. The molecule has 0 aromatic heterocycles. The molecule has 2 fully saturated rings. The van der Waals surface area contributed by atoms with Crippen LogP contribution in [0.15, 0.2) is 0 Å². The highest BCUT2D eigenvalue weighted by Gasteiger charge is 2.21. The zero-order valence-electron chi connectivity index (χ0n) is 11.2. The summed E-state index contributed by atoms with van der Waals surface area (Å²) in [5.41, 5.74) is 0. The number of hydrogen-bond donors (Lipinski definition) is 2. The Bertz CT molecular complexity index is 216. The summed E-state index contributed by atoms with van der Waals surface area (Å²) in [5.74, 6) is 1.59. The molecule has 0 radical (unpaired) electrons. The van der Waals surface area contributed by atoms with Crippen molar-refractivity contribution in [3.8, 4) is 0 Å². The van der Waals surface area contributed by atoms with Crippen LogP contribution in [0.1, 0.15) is 38.5 Å². The standard InChI is InChI=1S/C14H28N2O/c1-16-7-6-13(11-16)9-15-10-14(17)8-12-4-2-3-5-12/h12-15,17H,2-11H2,1H3. The molecular formula is C14H28N2O. The second-order valence-electron chi connectivity index (χ2n) is 6.12. The van der Waals surface area contributed by atoms with Crippen LogP contribution in [-0.4, -0.2) is 49.3 Å². The molecule has 1 heterocycles. The molecule has 2 N–H and O–H groups in total. The molecule has 0 bridgehead atoms. The summed E-state index contributed by atoms with van der Waals surface area (Å²) in [4.78, 5) is 2.39. The van der Waals surface area contributed by atoms with E-state index in [4.69, 9.17) is 0 Å². The summed E-state index contributed by atoms with van der Waals surface area (Å²) in [6.45, 7) is 4.31. The van der Waals surface area contributed by atoms with Gasteiger partial charge in [0.1, 0.15) is 0 Å². The maximum Gasteiger partial charge on any atom is 0.0667 e. The van der Waals surface area contributed by atoms with E-state index in [0.717, 1.165) is 31.3 Å². The minimum Gasteiger partial charge on any atom is -0.392 e. The molecule has 100 valence electrons. The van der Waals surface area contributed by atoms with Gasteiger partial charge in [0, 0.05) is 13.1 Å². The first-order valence-corrected chi connectivity index (χ1v) is 7.31. The van der Waals surface area contributed by atoms with Gasteiger partial charge < -0.3 is 15.3 Å². The molecule has 1 saturated heterocycles. The van der Waals surface area contributed by atoms with E-state index in [9.17, 15) is 5.11 Å². The summed E-state index contributed by atoms with van der Waals surface area (Å²) in [5, 5.41) is 13.4. The second-order valence-corrected chi connectivity index (χ2v) is 6.12. The van der Waals surface area contributed by atoms with E-state index in [2.05, 4.69) is 17.3 Å². The van der Waals surface area contributed by atoms with Crippen molar-refractivity contribution in [1.82, 2.24) is 10.2 Å². The highest BCUT2D eigenvalue weighted by Crippen LogP contribution is 2.28. The fourth-order valence-electron chi connectivity index (χ4n) is 3.36. The van der Waals surface area contributed by atoms with Crippen LogP contribution in [0.4, 0.5) is 0 Å². The smallest absolute Gasteiger partial charge is 0.0667 e. The van der Waals surface area contributed by atoms with E-state index in [-0.39, 0.29) is 6.10 Å². The van der Waals surface area contributed by atoms with Gasteiger partial charge in [-0.3, -0.25) is 0 Å². The van der Waals surface area contributed by atoms with Crippen LogP contribution in [0.25, 0.3) is 0 Å². The summed E-state index contributed by atoms with van der Waals surface area (Å²) in [6, 6.07) is 0. The summed E-state index contributed by atoms with van der Waals surface area (Å²) in [7, 11) is 2.19. The minimum absolute atomic E-state index is 0.128. The van der Waals surface area contributed by atoms with Crippen molar-refractivity contribution in [2.45, 2.75) is 44.6 Å². The van der Waals surface area contributed by atoms with E-state index in [0.29, 0.717) is 0 Å². The van der Waals surface area contributed by atoms with Gasteiger partial charge in [-0.25, -0.2) is 0 Å². The zero-order chi connectivity index (χ0) is 12.1. The Balaban J connectivity index is 1.52. The zero-order valence-corrected chi connectivity index (χ0v) is 11.2. The average molecular weight is 240 g/mol. The lowest BCUT2D eigenvalue weighted by Gasteiger charge is -2.17. The highest BCUT2D eigenvalue weighted by molar-refractivity contribution is 4.76. The number of nitrogens with one attached hydrogen (secondary N) is 1. The summed E-state index contributed by atoms with van der Waals surface area (Å²) in [6.07, 6.45) is 7.62. The third-order valence-electron chi connectivity index (χ3n) is 4.38. The van der Waals surface area contributed by atoms with Crippen LogP contribution < -0.4 is 5.32 Å². The topological polar surface area (TPSA) is 35.5 Å². The predicted molar refractivity (Wildman–Crippen MR) is 71.1 cm³/mol. The molecule has 0 amide bonds. The Morgan fingerprint density at radius 3 is 2.65 bits per heavy atom. The van der Waals surface area contributed by atoms with Crippen LogP contribution in [-0.2, 0) is 0 Å². The van der Waals surface area contributed by atoms with Crippen LogP contribution >= 0.6 is 0 Å². The van der Waals surface area contributed by atoms with Crippen molar-refractivity contribution < 1.29 is 5.11 Å². The Labute approximate surface area is 106 Å². The minimum atomic E-state index is -0.128. The number of rotatable bonds is 6. The van der Waals surface area contributed by atoms with Gasteiger partial charge in [-0.05, 0) is 44.8 Å². The van der Waals surface area contributed by atoms with Crippen LogP contribution in [0.2, 0.25) is 0 Å². The largest absolute Gasteiger partial charge is 0.392 e. The molecular weight excluding hydrogens is 212 g/mol. The maximum absolute atomic E-state index is 9.96. The normalized spacial score (nSPS) is 28.9. The summed E-state index contributed by atoms with van der Waals surface area (Å²) >= 11 is 0. The number of likely N-dealkylation sites (tertiary alicyclic amines) is 1. The lowest BCUT2D eigenvalue weighted by molar-refractivity contribution is 0.139. The molecule has 2 atom stereocenters. The van der Waals surface area contributed by atoms with Gasteiger partial charge in [0.25, 0.3) is 0 Å². The van der Waals surface area contributed by atoms with Crippen molar-refractivity contribution >= 4 is 0 Å². The number of aliphatic hydroxyl groups is 1. The van der Waals surface area contributed by atoms with Gasteiger partial charge in [-0.1, -0.05) is 25.7 Å². The Kier molecular flexibility index (Phi) is 5.26. The van der Waals surface area contributed by atoms with Crippen molar-refractivity contribution in [2.75, 3.05) is 33.2 Å². The molecule has 17 heavy (non-hydrogen) atoms. The van der Waals surface area contributed by atoms with Crippen LogP contribution in [0.5, 0.6) is 0 Å². The van der Waals surface area contributed by atoms with Gasteiger partial charge in [0.15, 0.2) is 0 Å². The number of hydrogen-bond acceptors (Lipinski definition) is 3. The highest BCUT2D eigenvalue weighted by atomic mass is 16.3. The van der Waals surface area contributed by atoms with Crippen molar-refractivity contribution in [2.24, 2.45) is 11.8 Å². The first kappa shape index (κ1) is 13.3. The lowest BCUT2D eigenvalue weighted by Crippen LogP contribution is -2.32. The van der Waals surface area contributed by atoms with Gasteiger partial charge in [-0.2, -0.15) is 0 Å². The Morgan fingerprint density at radius 2 is 2.00 bits per heavy atom. The van der Waals surface area contributed by atoms with Gasteiger partial charge in [0.05, 0.1) is 6.10 Å². The summed E-state index contributed by atoms with van der Waals surface area (Å²) < 4.78 is 0. The van der Waals surface area contributed by atoms with Crippen molar-refractivity contribution in [3.05, 3.63) is 0 Å². The lowest BCUT2D eigenvalue weighted by atomic mass is 10.00. The first-order chi connectivity index (χ1) is 8.24. The molecule has 3 heteroatoms. The van der Waals surface area contributed by atoms with Gasteiger partial charge in [-0.15, -0.1) is 0 Å². The van der Waals surface area contributed by atoms with Crippen molar-refractivity contribution in [1.29, 1.82) is 0 Å². The van der Waals surface area contributed by atoms with Crippen LogP contribution in [0, 0.1) is 11.8 Å². The molecule has 0 aromatic carbocycles. The Morgan fingerprint density at radius 1 is 1.24 bits per heavy atom.